The van der Waals surface area contributed by atoms with Crippen LogP contribution in [0.3, 0.4) is 0 Å². The van der Waals surface area contributed by atoms with Crippen molar-refractivity contribution in [2.24, 2.45) is 11.3 Å². The van der Waals surface area contributed by atoms with E-state index in [1.165, 1.54) is 7.11 Å². The molecule has 0 saturated heterocycles. The average molecular weight is 271 g/mol. The molecule has 112 valence electrons. The highest BCUT2D eigenvalue weighted by atomic mass is 16.5. The van der Waals surface area contributed by atoms with E-state index in [0.29, 0.717) is 18.9 Å². The molecule has 0 aliphatic carbocycles. The van der Waals surface area contributed by atoms with Crippen molar-refractivity contribution in [1.29, 1.82) is 0 Å². The fraction of sp³-hybridized carbons (Fsp3) is 0.867. The van der Waals surface area contributed by atoms with Crippen LogP contribution >= 0.6 is 0 Å². The van der Waals surface area contributed by atoms with Crippen molar-refractivity contribution in [1.82, 2.24) is 4.90 Å². The predicted molar refractivity (Wildman–Crippen MR) is 76.7 cm³/mol. The largest absolute Gasteiger partial charge is 0.468 e. The lowest BCUT2D eigenvalue weighted by molar-refractivity contribution is -0.147. The molecule has 0 aromatic rings. The maximum absolute atomic E-state index is 12.2. The molecule has 1 unspecified atom stereocenters. The van der Waals surface area contributed by atoms with Gasteiger partial charge in [-0.2, -0.15) is 0 Å². The summed E-state index contributed by atoms with van der Waals surface area (Å²) in [5.74, 6) is 0.0128. The maximum atomic E-state index is 12.2. The first kappa shape index (κ1) is 17.9. The van der Waals surface area contributed by atoms with Crippen LogP contribution in [0.1, 0.15) is 53.9 Å². The first-order chi connectivity index (χ1) is 8.69. The van der Waals surface area contributed by atoms with Crippen LogP contribution in [-0.2, 0) is 14.3 Å². The molecule has 0 aliphatic rings. The zero-order chi connectivity index (χ0) is 15.1. The monoisotopic (exact) mass is 271 g/mol. The number of carbonyl (C=O) groups is 2. The van der Waals surface area contributed by atoms with Gasteiger partial charge in [0.1, 0.15) is 6.54 Å². The highest BCUT2D eigenvalue weighted by molar-refractivity contribution is 5.82. The summed E-state index contributed by atoms with van der Waals surface area (Å²) in [4.78, 5) is 25.1. The minimum atomic E-state index is -0.356. The van der Waals surface area contributed by atoms with Crippen molar-refractivity contribution in [3.63, 3.8) is 0 Å². The van der Waals surface area contributed by atoms with Gasteiger partial charge in [0.15, 0.2) is 0 Å². The molecule has 0 radical (unpaired) electrons. The zero-order valence-corrected chi connectivity index (χ0v) is 13.3. The average Bonchev–Trinajstić information content (AvgIpc) is 2.25. The van der Waals surface area contributed by atoms with Crippen molar-refractivity contribution in [2.75, 3.05) is 20.2 Å². The molecule has 4 nitrogen and oxygen atoms in total. The normalized spacial score (nSPS) is 12.9. The number of ether oxygens (including phenoxy) is 1. The molecule has 0 saturated carbocycles. The van der Waals surface area contributed by atoms with Crippen molar-refractivity contribution >= 4 is 11.9 Å². The smallest absolute Gasteiger partial charge is 0.325 e. The van der Waals surface area contributed by atoms with Crippen LogP contribution in [0, 0.1) is 11.3 Å². The van der Waals surface area contributed by atoms with Crippen LogP contribution in [0.2, 0.25) is 0 Å². The third-order valence-electron chi connectivity index (χ3n) is 2.88. The Hall–Kier alpha value is -1.06. The topological polar surface area (TPSA) is 46.6 Å². The van der Waals surface area contributed by atoms with Gasteiger partial charge in [-0.15, -0.1) is 0 Å². The molecule has 1 amide bonds. The van der Waals surface area contributed by atoms with Crippen LogP contribution in [0.15, 0.2) is 0 Å². The lowest BCUT2D eigenvalue weighted by atomic mass is 9.84. The molecule has 0 spiro atoms. The summed E-state index contributed by atoms with van der Waals surface area (Å²) < 4.78 is 4.63. The van der Waals surface area contributed by atoms with Crippen LogP contribution in [-0.4, -0.2) is 37.0 Å². The Labute approximate surface area is 117 Å². The standard InChI is InChI=1S/C15H29NO3/c1-7-8-16(11-14(18)19-6)13(17)9-12(2)10-15(3,4)5/h12H,7-11H2,1-6H3. The van der Waals surface area contributed by atoms with Gasteiger partial charge < -0.3 is 9.64 Å². The van der Waals surface area contributed by atoms with Gasteiger partial charge in [-0.25, -0.2) is 0 Å². The second-order valence-corrected chi connectivity index (χ2v) is 6.47. The van der Waals surface area contributed by atoms with Gasteiger partial charge >= 0.3 is 5.97 Å². The molecule has 0 N–H and O–H groups in total. The van der Waals surface area contributed by atoms with Gasteiger partial charge in [0.2, 0.25) is 5.91 Å². The minimum Gasteiger partial charge on any atom is -0.468 e. The van der Waals surface area contributed by atoms with E-state index in [9.17, 15) is 9.59 Å². The SMILES string of the molecule is CCCN(CC(=O)OC)C(=O)CC(C)CC(C)(C)C. The van der Waals surface area contributed by atoms with E-state index in [0.717, 1.165) is 12.8 Å². The van der Waals surface area contributed by atoms with Gasteiger partial charge in [-0.1, -0.05) is 34.6 Å². The first-order valence-electron chi connectivity index (χ1n) is 7.04. The molecule has 0 heterocycles. The Morgan fingerprint density at radius 2 is 1.84 bits per heavy atom. The van der Waals surface area contributed by atoms with Crippen molar-refractivity contribution in [3.8, 4) is 0 Å². The number of carbonyl (C=O) groups excluding carboxylic acids is 2. The molecular weight excluding hydrogens is 242 g/mol. The van der Waals surface area contributed by atoms with Crippen LogP contribution in [0.4, 0.5) is 0 Å². The molecule has 0 aliphatic heterocycles. The van der Waals surface area contributed by atoms with Gasteiger partial charge in [0.25, 0.3) is 0 Å². The molecule has 0 aromatic carbocycles. The lowest BCUT2D eigenvalue weighted by Gasteiger charge is -2.26. The molecule has 1 atom stereocenters. The van der Waals surface area contributed by atoms with Gasteiger partial charge in [0, 0.05) is 13.0 Å². The summed E-state index contributed by atoms with van der Waals surface area (Å²) in [5, 5.41) is 0. The Morgan fingerprint density at radius 1 is 1.26 bits per heavy atom. The zero-order valence-electron chi connectivity index (χ0n) is 13.3. The van der Waals surface area contributed by atoms with Gasteiger partial charge in [-0.05, 0) is 24.2 Å². The summed E-state index contributed by atoms with van der Waals surface area (Å²) in [7, 11) is 1.35. The van der Waals surface area contributed by atoms with E-state index in [-0.39, 0.29) is 23.8 Å². The number of nitrogens with zero attached hydrogens (tertiary/aromatic N) is 1. The summed E-state index contributed by atoms with van der Waals surface area (Å²) in [6, 6.07) is 0. The summed E-state index contributed by atoms with van der Waals surface area (Å²) >= 11 is 0. The Kier molecular flexibility index (Phi) is 7.72. The highest BCUT2D eigenvalue weighted by Gasteiger charge is 2.22. The number of amides is 1. The van der Waals surface area contributed by atoms with Crippen molar-refractivity contribution in [2.45, 2.75) is 53.9 Å². The molecule has 0 fully saturated rings. The number of hydrogen-bond acceptors (Lipinski definition) is 3. The lowest BCUT2D eigenvalue weighted by Crippen LogP contribution is -2.37. The van der Waals surface area contributed by atoms with Crippen LogP contribution in [0.5, 0.6) is 0 Å². The minimum absolute atomic E-state index is 0.0454. The molecule has 4 heteroatoms. The van der Waals surface area contributed by atoms with Crippen molar-refractivity contribution < 1.29 is 14.3 Å². The van der Waals surface area contributed by atoms with Gasteiger partial charge in [-0.3, -0.25) is 9.59 Å². The highest BCUT2D eigenvalue weighted by Crippen LogP contribution is 2.26. The fourth-order valence-corrected chi connectivity index (χ4v) is 2.33. The second-order valence-electron chi connectivity index (χ2n) is 6.47. The number of hydrogen-bond donors (Lipinski definition) is 0. The second kappa shape index (κ2) is 8.18. The Balaban J connectivity index is 4.43. The molecule has 0 aromatic heterocycles. The van der Waals surface area contributed by atoms with Crippen LogP contribution in [0.25, 0.3) is 0 Å². The molecular formula is C15H29NO3. The summed E-state index contributed by atoms with van der Waals surface area (Å²) in [6.45, 7) is 11.3. The summed E-state index contributed by atoms with van der Waals surface area (Å²) in [6.07, 6.45) is 2.33. The third-order valence-corrected chi connectivity index (χ3v) is 2.88. The Morgan fingerprint density at radius 3 is 2.26 bits per heavy atom. The fourth-order valence-electron chi connectivity index (χ4n) is 2.33. The number of esters is 1. The molecule has 0 bridgehead atoms. The van der Waals surface area contributed by atoms with E-state index in [2.05, 4.69) is 32.4 Å². The molecule has 19 heavy (non-hydrogen) atoms. The van der Waals surface area contributed by atoms with Gasteiger partial charge in [0.05, 0.1) is 7.11 Å². The predicted octanol–water partition coefficient (Wildman–Crippen LogP) is 2.86. The van der Waals surface area contributed by atoms with E-state index in [1.54, 1.807) is 4.90 Å². The van der Waals surface area contributed by atoms with E-state index < -0.39 is 0 Å². The number of methoxy groups -OCH3 is 1. The number of rotatable bonds is 7. The summed E-state index contributed by atoms with van der Waals surface area (Å²) in [5.41, 5.74) is 0.220. The van der Waals surface area contributed by atoms with E-state index in [1.807, 2.05) is 6.92 Å². The quantitative estimate of drug-likeness (QED) is 0.669. The van der Waals surface area contributed by atoms with Crippen molar-refractivity contribution in [3.05, 3.63) is 0 Å². The first-order valence-corrected chi connectivity index (χ1v) is 7.04. The molecule has 0 rings (SSSR count). The third kappa shape index (κ3) is 8.62. The van der Waals surface area contributed by atoms with E-state index in [4.69, 9.17) is 0 Å². The maximum Gasteiger partial charge on any atom is 0.325 e. The van der Waals surface area contributed by atoms with E-state index >= 15 is 0 Å². The Bertz CT molecular complexity index is 294. The van der Waals surface area contributed by atoms with Crippen LogP contribution < -0.4 is 0 Å².